The van der Waals surface area contributed by atoms with E-state index in [0.29, 0.717) is 35.0 Å². The summed E-state index contributed by atoms with van der Waals surface area (Å²) in [5.41, 5.74) is 7.62. The Hall–Kier alpha value is -2.73. The molecule has 0 bridgehead atoms. The summed E-state index contributed by atoms with van der Waals surface area (Å²) < 4.78 is 15.8. The molecule has 0 fully saturated rings. The van der Waals surface area contributed by atoms with E-state index in [2.05, 4.69) is 5.32 Å². The second-order valence-electron chi connectivity index (χ2n) is 4.77. The Morgan fingerprint density at radius 3 is 2.22 bits per heavy atom. The molecule has 0 spiro atoms. The average molecular weight is 316 g/mol. The van der Waals surface area contributed by atoms with Crippen molar-refractivity contribution in [3.8, 4) is 17.2 Å². The van der Waals surface area contributed by atoms with E-state index in [0.717, 1.165) is 5.56 Å². The second-order valence-corrected chi connectivity index (χ2v) is 4.77. The van der Waals surface area contributed by atoms with Gasteiger partial charge in [-0.2, -0.15) is 0 Å². The minimum absolute atomic E-state index is 0.279. The van der Waals surface area contributed by atoms with Crippen LogP contribution in [0.25, 0.3) is 0 Å². The number of nitrogens with two attached hydrogens (primary N) is 1. The van der Waals surface area contributed by atoms with Crippen LogP contribution in [0.15, 0.2) is 36.4 Å². The van der Waals surface area contributed by atoms with Crippen molar-refractivity contribution in [1.82, 2.24) is 0 Å². The molecule has 23 heavy (non-hydrogen) atoms. The van der Waals surface area contributed by atoms with Crippen molar-refractivity contribution >= 4 is 11.6 Å². The Morgan fingerprint density at radius 2 is 1.70 bits per heavy atom. The van der Waals surface area contributed by atoms with Gasteiger partial charge in [0, 0.05) is 17.8 Å². The zero-order chi connectivity index (χ0) is 16.8. The van der Waals surface area contributed by atoms with Gasteiger partial charge < -0.3 is 25.3 Å². The molecule has 2 aromatic rings. The van der Waals surface area contributed by atoms with Gasteiger partial charge in [0.1, 0.15) is 0 Å². The van der Waals surface area contributed by atoms with Gasteiger partial charge in [-0.05, 0) is 29.8 Å². The fraction of sp³-hybridized carbons (Fsp3) is 0.235. The number of rotatable bonds is 6. The van der Waals surface area contributed by atoms with E-state index in [1.165, 1.54) is 21.3 Å². The Bertz CT molecular complexity index is 676. The minimum Gasteiger partial charge on any atom is -0.493 e. The van der Waals surface area contributed by atoms with Crippen LogP contribution in [0.5, 0.6) is 17.2 Å². The van der Waals surface area contributed by atoms with Gasteiger partial charge in [0.2, 0.25) is 5.75 Å². The van der Waals surface area contributed by atoms with Gasteiger partial charge in [0.15, 0.2) is 11.5 Å². The Balaban J connectivity index is 2.31. The first kappa shape index (κ1) is 16.6. The summed E-state index contributed by atoms with van der Waals surface area (Å²) in [6, 6.07) is 10.6. The molecule has 6 heteroatoms. The molecule has 3 N–H and O–H groups in total. The second kappa shape index (κ2) is 7.51. The van der Waals surface area contributed by atoms with E-state index in [1.807, 2.05) is 18.2 Å². The normalized spacial score (nSPS) is 10.1. The van der Waals surface area contributed by atoms with Gasteiger partial charge in [-0.1, -0.05) is 12.1 Å². The Labute approximate surface area is 135 Å². The van der Waals surface area contributed by atoms with Crippen LogP contribution in [0.3, 0.4) is 0 Å². The van der Waals surface area contributed by atoms with Crippen LogP contribution in [0.4, 0.5) is 5.69 Å². The number of carbonyl (C=O) groups is 1. The molecule has 2 rings (SSSR count). The molecule has 0 aliphatic rings. The van der Waals surface area contributed by atoms with Crippen LogP contribution >= 0.6 is 0 Å². The summed E-state index contributed by atoms with van der Waals surface area (Å²) in [5, 5.41) is 2.83. The fourth-order valence-electron chi connectivity index (χ4n) is 2.19. The molecule has 0 aliphatic carbocycles. The third-order valence-corrected chi connectivity index (χ3v) is 3.35. The summed E-state index contributed by atoms with van der Waals surface area (Å²) >= 11 is 0. The lowest BCUT2D eigenvalue weighted by atomic mass is 10.1. The smallest absolute Gasteiger partial charge is 0.255 e. The fourth-order valence-corrected chi connectivity index (χ4v) is 2.19. The molecule has 0 saturated carbocycles. The van der Waals surface area contributed by atoms with Crippen LogP contribution in [0.1, 0.15) is 15.9 Å². The monoisotopic (exact) mass is 316 g/mol. The number of hydrogen-bond acceptors (Lipinski definition) is 5. The quantitative estimate of drug-likeness (QED) is 0.855. The molecule has 0 atom stereocenters. The summed E-state index contributed by atoms with van der Waals surface area (Å²) in [4.78, 5) is 12.5. The van der Waals surface area contributed by atoms with Gasteiger partial charge in [0.25, 0.3) is 5.91 Å². The van der Waals surface area contributed by atoms with E-state index >= 15 is 0 Å². The topological polar surface area (TPSA) is 82.8 Å². The van der Waals surface area contributed by atoms with E-state index in [1.54, 1.807) is 18.2 Å². The summed E-state index contributed by atoms with van der Waals surface area (Å²) in [6.07, 6.45) is 0. The number of ether oxygens (including phenoxy) is 3. The number of benzene rings is 2. The van der Waals surface area contributed by atoms with Gasteiger partial charge in [0.05, 0.1) is 21.3 Å². The summed E-state index contributed by atoms with van der Waals surface area (Å²) in [6.45, 7) is 0.411. The molecule has 2 aromatic carbocycles. The van der Waals surface area contributed by atoms with E-state index < -0.39 is 0 Å². The van der Waals surface area contributed by atoms with Crippen molar-refractivity contribution in [2.45, 2.75) is 6.54 Å². The van der Waals surface area contributed by atoms with Crippen molar-refractivity contribution in [2.75, 3.05) is 26.6 Å². The molecule has 0 heterocycles. The molecule has 0 radical (unpaired) electrons. The molecule has 0 aromatic heterocycles. The maximum Gasteiger partial charge on any atom is 0.255 e. The SMILES string of the molecule is COc1cc(C(=O)Nc2cccc(CN)c2)cc(OC)c1OC. The van der Waals surface area contributed by atoms with Gasteiger partial charge >= 0.3 is 0 Å². The van der Waals surface area contributed by atoms with Gasteiger partial charge in [-0.15, -0.1) is 0 Å². The largest absolute Gasteiger partial charge is 0.493 e. The molecule has 6 nitrogen and oxygen atoms in total. The van der Waals surface area contributed by atoms with E-state index in [9.17, 15) is 4.79 Å². The lowest BCUT2D eigenvalue weighted by Gasteiger charge is -2.14. The average Bonchev–Trinajstić information content (AvgIpc) is 2.60. The molecule has 0 saturated heterocycles. The van der Waals surface area contributed by atoms with Crippen LogP contribution in [-0.2, 0) is 6.54 Å². The highest BCUT2D eigenvalue weighted by atomic mass is 16.5. The third-order valence-electron chi connectivity index (χ3n) is 3.35. The van der Waals surface area contributed by atoms with Crippen molar-refractivity contribution in [3.63, 3.8) is 0 Å². The highest BCUT2D eigenvalue weighted by Crippen LogP contribution is 2.38. The number of methoxy groups -OCH3 is 3. The molecule has 0 unspecified atom stereocenters. The summed E-state index contributed by atoms with van der Waals surface area (Å²) in [5.74, 6) is 1.01. The molecular weight excluding hydrogens is 296 g/mol. The minimum atomic E-state index is -0.279. The van der Waals surface area contributed by atoms with Crippen LogP contribution in [-0.4, -0.2) is 27.2 Å². The molecular formula is C17H20N2O4. The van der Waals surface area contributed by atoms with Crippen LogP contribution in [0, 0.1) is 0 Å². The van der Waals surface area contributed by atoms with Gasteiger partial charge in [-0.3, -0.25) is 4.79 Å². The predicted octanol–water partition coefficient (Wildman–Crippen LogP) is 2.42. The number of nitrogens with one attached hydrogen (secondary N) is 1. The third kappa shape index (κ3) is 3.73. The lowest BCUT2D eigenvalue weighted by Crippen LogP contribution is -2.13. The van der Waals surface area contributed by atoms with Crippen molar-refractivity contribution in [1.29, 1.82) is 0 Å². The lowest BCUT2D eigenvalue weighted by molar-refractivity contribution is 0.102. The Kier molecular flexibility index (Phi) is 5.43. The maximum absolute atomic E-state index is 12.5. The molecule has 1 amide bonds. The van der Waals surface area contributed by atoms with Crippen molar-refractivity contribution < 1.29 is 19.0 Å². The number of hydrogen-bond donors (Lipinski definition) is 2. The predicted molar refractivity (Wildman–Crippen MR) is 88.4 cm³/mol. The first-order valence-electron chi connectivity index (χ1n) is 7.03. The highest BCUT2D eigenvalue weighted by molar-refractivity contribution is 6.05. The maximum atomic E-state index is 12.5. The zero-order valence-corrected chi connectivity index (χ0v) is 13.4. The molecule has 122 valence electrons. The standard InChI is InChI=1S/C17H20N2O4/c1-21-14-8-12(9-15(22-2)16(14)23-3)17(20)19-13-6-4-5-11(7-13)10-18/h4-9H,10,18H2,1-3H3,(H,19,20). The number of carbonyl (C=O) groups excluding carboxylic acids is 1. The van der Waals surface area contributed by atoms with Crippen molar-refractivity contribution in [3.05, 3.63) is 47.5 Å². The Morgan fingerprint density at radius 1 is 1.04 bits per heavy atom. The van der Waals surface area contributed by atoms with Gasteiger partial charge in [-0.25, -0.2) is 0 Å². The van der Waals surface area contributed by atoms with Crippen molar-refractivity contribution in [2.24, 2.45) is 5.73 Å². The number of amides is 1. The first-order chi connectivity index (χ1) is 11.1. The zero-order valence-electron chi connectivity index (χ0n) is 13.4. The van der Waals surface area contributed by atoms with E-state index in [4.69, 9.17) is 19.9 Å². The number of anilines is 1. The van der Waals surface area contributed by atoms with Crippen LogP contribution in [0.2, 0.25) is 0 Å². The summed E-state index contributed by atoms with van der Waals surface area (Å²) in [7, 11) is 4.52. The first-order valence-corrected chi connectivity index (χ1v) is 7.03. The molecule has 0 aliphatic heterocycles. The highest BCUT2D eigenvalue weighted by Gasteiger charge is 2.17. The van der Waals surface area contributed by atoms with E-state index in [-0.39, 0.29) is 5.91 Å². The van der Waals surface area contributed by atoms with Crippen LogP contribution < -0.4 is 25.3 Å².